The lowest BCUT2D eigenvalue weighted by Crippen LogP contribution is -2.42. The van der Waals surface area contributed by atoms with Crippen LogP contribution in [-0.2, 0) is 9.59 Å². The van der Waals surface area contributed by atoms with Gasteiger partial charge in [-0.3, -0.25) is 9.59 Å². The number of piperidine rings is 1. The molecule has 4 rings (SSSR count). The summed E-state index contributed by atoms with van der Waals surface area (Å²) < 4.78 is 1.19. The van der Waals surface area contributed by atoms with E-state index in [0.717, 1.165) is 36.6 Å². The van der Waals surface area contributed by atoms with Gasteiger partial charge in [0.05, 0.1) is 16.6 Å². The van der Waals surface area contributed by atoms with Crippen molar-refractivity contribution in [1.82, 2.24) is 4.98 Å². The molecule has 108 valence electrons. The monoisotopic (exact) mass is 300 g/mol. The molecule has 4 nitrogen and oxygen atoms in total. The molecule has 1 saturated heterocycles. The molecule has 0 amide bonds. The van der Waals surface area contributed by atoms with E-state index < -0.39 is 0 Å². The quantitative estimate of drug-likeness (QED) is 0.760. The molecule has 0 N–H and O–H groups in total. The van der Waals surface area contributed by atoms with Gasteiger partial charge in [-0.15, -0.1) is 0 Å². The molecule has 1 aliphatic heterocycles. The van der Waals surface area contributed by atoms with Crippen LogP contribution in [0.2, 0.25) is 0 Å². The second-order valence-electron chi connectivity index (χ2n) is 6.05. The second kappa shape index (κ2) is 4.63. The van der Waals surface area contributed by atoms with Crippen molar-refractivity contribution in [3.63, 3.8) is 0 Å². The zero-order chi connectivity index (χ0) is 14.4. The minimum Gasteiger partial charge on any atom is -0.348 e. The van der Waals surface area contributed by atoms with E-state index in [2.05, 4.69) is 16.0 Å². The van der Waals surface area contributed by atoms with Crippen molar-refractivity contribution >= 4 is 38.3 Å². The molecule has 0 radical (unpaired) electrons. The average Bonchev–Trinajstić information content (AvgIpc) is 3.02. The summed E-state index contributed by atoms with van der Waals surface area (Å²) in [7, 11) is 0. The molecule has 1 aliphatic carbocycles. The first-order valence-corrected chi connectivity index (χ1v) is 8.13. The molecule has 5 heteroatoms. The van der Waals surface area contributed by atoms with Gasteiger partial charge in [-0.05, 0) is 25.0 Å². The van der Waals surface area contributed by atoms with Crippen molar-refractivity contribution in [2.45, 2.75) is 25.7 Å². The molecule has 1 aromatic heterocycles. The number of carbonyl (C=O) groups excluding carboxylic acids is 2. The summed E-state index contributed by atoms with van der Waals surface area (Å²) in [6, 6.07) is 8.14. The van der Waals surface area contributed by atoms with Gasteiger partial charge in [-0.2, -0.15) is 0 Å². The molecular formula is C16H16N2O2S. The third-order valence-corrected chi connectivity index (χ3v) is 5.86. The van der Waals surface area contributed by atoms with Crippen LogP contribution < -0.4 is 4.90 Å². The molecule has 1 saturated carbocycles. The van der Waals surface area contributed by atoms with Crippen LogP contribution in [0.3, 0.4) is 0 Å². The predicted molar refractivity (Wildman–Crippen MR) is 82.7 cm³/mol. The number of hydrogen-bond acceptors (Lipinski definition) is 5. The number of benzene rings is 1. The molecule has 0 atom stereocenters. The molecule has 1 aromatic carbocycles. The first kappa shape index (κ1) is 13.0. The van der Waals surface area contributed by atoms with Crippen molar-refractivity contribution in [3.05, 3.63) is 24.3 Å². The van der Waals surface area contributed by atoms with Gasteiger partial charge in [0.2, 0.25) is 0 Å². The standard InChI is InChI=1S/C16H16N2O2S/c19-11-9-14(20)16(10-11)5-7-18(8-6-16)15-17-12-3-1-2-4-13(12)21-15/h1-4H,5-10H2. The fourth-order valence-electron chi connectivity index (χ4n) is 3.48. The first-order valence-electron chi connectivity index (χ1n) is 7.32. The van der Waals surface area contributed by atoms with Gasteiger partial charge < -0.3 is 4.90 Å². The maximum Gasteiger partial charge on any atom is 0.186 e. The Morgan fingerprint density at radius 2 is 1.90 bits per heavy atom. The lowest BCUT2D eigenvalue weighted by molar-refractivity contribution is -0.126. The fraction of sp³-hybridized carbons (Fsp3) is 0.438. The molecule has 2 fully saturated rings. The van der Waals surface area contributed by atoms with Crippen LogP contribution in [0.25, 0.3) is 10.2 Å². The van der Waals surface area contributed by atoms with Crippen LogP contribution in [0.15, 0.2) is 24.3 Å². The number of ketones is 2. The van der Waals surface area contributed by atoms with Gasteiger partial charge in [-0.25, -0.2) is 4.98 Å². The van der Waals surface area contributed by atoms with Crippen LogP contribution >= 0.6 is 11.3 Å². The maximum absolute atomic E-state index is 12.1. The summed E-state index contributed by atoms with van der Waals surface area (Å²) in [6.45, 7) is 1.64. The highest BCUT2D eigenvalue weighted by atomic mass is 32.1. The molecule has 2 aromatic rings. The van der Waals surface area contributed by atoms with Crippen LogP contribution in [-0.4, -0.2) is 29.6 Å². The minimum absolute atomic E-state index is 0.119. The molecule has 1 spiro atoms. The van der Waals surface area contributed by atoms with Gasteiger partial charge in [0, 0.05) is 24.9 Å². The Hall–Kier alpha value is -1.75. The molecule has 0 unspecified atom stereocenters. The topological polar surface area (TPSA) is 50.3 Å². The van der Waals surface area contributed by atoms with E-state index in [1.165, 1.54) is 4.70 Å². The van der Waals surface area contributed by atoms with E-state index in [-0.39, 0.29) is 23.4 Å². The predicted octanol–water partition coefficient (Wildman–Crippen LogP) is 2.81. The number of hydrogen-bond donors (Lipinski definition) is 0. The van der Waals surface area contributed by atoms with Crippen LogP contribution in [0.1, 0.15) is 25.7 Å². The SMILES string of the molecule is O=C1CC(=O)C2(CCN(c3nc4ccccc4s3)CC2)C1. The van der Waals surface area contributed by atoms with E-state index in [4.69, 9.17) is 0 Å². The van der Waals surface area contributed by atoms with Crippen molar-refractivity contribution in [2.24, 2.45) is 5.41 Å². The van der Waals surface area contributed by atoms with E-state index in [1.54, 1.807) is 11.3 Å². The van der Waals surface area contributed by atoms with E-state index >= 15 is 0 Å². The minimum atomic E-state index is -0.357. The molecule has 2 aliphatic rings. The van der Waals surface area contributed by atoms with Gasteiger partial charge in [0.25, 0.3) is 0 Å². The highest BCUT2D eigenvalue weighted by Gasteiger charge is 2.47. The maximum atomic E-state index is 12.1. The van der Waals surface area contributed by atoms with Crippen LogP contribution in [0.5, 0.6) is 0 Å². The fourth-order valence-corrected chi connectivity index (χ4v) is 4.50. The van der Waals surface area contributed by atoms with E-state index in [9.17, 15) is 9.59 Å². The van der Waals surface area contributed by atoms with Crippen molar-refractivity contribution in [3.8, 4) is 0 Å². The number of thiazole rings is 1. The highest BCUT2D eigenvalue weighted by Crippen LogP contribution is 2.43. The number of aromatic nitrogens is 1. The van der Waals surface area contributed by atoms with E-state index in [1.807, 2.05) is 18.2 Å². The summed E-state index contributed by atoms with van der Waals surface area (Å²) >= 11 is 1.70. The van der Waals surface area contributed by atoms with Gasteiger partial charge in [0.15, 0.2) is 5.13 Å². The Labute approximate surface area is 126 Å². The molecule has 21 heavy (non-hydrogen) atoms. The van der Waals surface area contributed by atoms with Crippen LogP contribution in [0, 0.1) is 5.41 Å². The Bertz CT molecular complexity index is 696. The zero-order valence-corrected chi connectivity index (χ0v) is 12.5. The normalized spacial score (nSPS) is 21.6. The lowest BCUT2D eigenvalue weighted by Gasteiger charge is -2.37. The van der Waals surface area contributed by atoms with Gasteiger partial charge in [-0.1, -0.05) is 23.5 Å². The smallest absolute Gasteiger partial charge is 0.186 e. The summed E-state index contributed by atoms with van der Waals surface area (Å²) in [5.41, 5.74) is 0.675. The number of fused-ring (bicyclic) bond motifs is 1. The Morgan fingerprint density at radius 1 is 1.14 bits per heavy atom. The Kier molecular flexibility index (Phi) is 2.85. The Morgan fingerprint density at radius 3 is 2.57 bits per heavy atom. The largest absolute Gasteiger partial charge is 0.348 e. The first-order chi connectivity index (χ1) is 10.2. The Balaban J connectivity index is 1.55. The summed E-state index contributed by atoms with van der Waals surface area (Å²) in [4.78, 5) is 30.6. The third-order valence-electron chi connectivity index (χ3n) is 4.76. The number of para-hydroxylation sites is 1. The molecular weight excluding hydrogens is 284 g/mol. The average molecular weight is 300 g/mol. The number of carbonyl (C=O) groups is 2. The number of anilines is 1. The summed E-state index contributed by atoms with van der Waals surface area (Å²) in [5.74, 6) is 0.282. The number of rotatable bonds is 1. The second-order valence-corrected chi connectivity index (χ2v) is 7.06. The van der Waals surface area contributed by atoms with Gasteiger partial charge in [0.1, 0.15) is 11.6 Å². The molecule has 2 heterocycles. The highest BCUT2D eigenvalue weighted by molar-refractivity contribution is 7.22. The number of nitrogens with zero attached hydrogens (tertiary/aromatic N) is 2. The summed E-state index contributed by atoms with van der Waals surface area (Å²) in [5, 5.41) is 1.03. The van der Waals surface area contributed by atoms with Crippen molar-refractivity contribution in [1.29, 1.82) is 0 Å². The van der Waals surface area contributed by atoms with E-state index in [0.29, 0.717) is 6.42 Å². The zero-order valence-electron chi connectivity index (χ0n) is 11.7. The molecule has 0 bridgehead atoms. The van der Waals surface area contributed by atoms with Crippen molar-refractivity contribution in [2.75, 3.05) is 18.0 Å². The van der Waals surface area contributed by atoms with Crippen LogP contribution in [0.4, 0.5) is 5.13 Å². The lowest BCUT2D eigenvalue weighted by atomic mass is 9.76. The third kappa shape index (κ3) is 2.07. The van der Waals surface area contributed by atoms with Crippen molar-refractivity contribution < 1.29 is 9.59 Å². The van der Waals surface area contributed by atoms with Gasteiger partial charge >= 0.3 is 0 Å². The number of Topliss-reactive ketones (excluding diaryl/α,β-unsaturated/α-hetero) is 2. The summed E-state index contributed by atoms with van der Waals surface area (Å²) in [6.07, 6.45) is 2.18.